The van der Waals surface area contributed by atoms with Crippen LogP contribution in [-0.4, -0.2) is 41.4 Å². The monoisotopic (exact) mass is 617 g/mol. The van der Waals surface area contributed by atoms with Crippen LogP contribution in [-0.2, 0) is 17.8 Å². The third-order valence-corrected chi connectivity index (χ3v) is 8.44. The van der Waals surface area contributed by atoms with Crippen molar-refractivity contribution < 1.29 is 18.4 Å². The summed E-state index contributed by atoms with van der Waals surface area (Å²) in [6.45, 7) is 1.35. The first-order valence-corrected chi connectivity index (χ1v) is 14.4. The number of benzene rings is 1. The average Bonchev–Trinajstić information content (AvgIpc) is 3.81. The Morgan fingerprint density at radius 3 is 2.88 bits per heavy atom. The molecule has 5 aromatic rings. The Hall–Kier alpha value is -4.95. The van der Waals surface area contributed by atoms with Gasteiger partial charge in [-0.2, -0.15) is 4.68 Å². The van der Waals surface area contributed by atoms with Crippen molar-refractivity contribution in [1.82, 2.24) is 29.8 Å². The van der Waals surface area contributed by atoms with Crippen molar-refractivity contribution >= 4 is 40.2 Å². The van der Waals surface area contributed by atoms with Crippen molar-refractivity contribution in [1.29, 1.82) is 0 Å². The summed E-state index contributed by atoms with van der Waals surface area (Å²) in [6.07, 6.45) is 5.05. The zero-order valence-corrected chi connectivity index (χ0v) is 24.0. The van der Waals surface area contributed by atoms with Gasteiger partial charge in [-0.1, -0.05) is 11.6 Å². The minimum atomic E-state index is -0.842. The van der Waals surface area contributed by atoms with Crippen molar-refractivity contribution in [3.63, 3.8) is 0 Å². The molecule has 15 heteroatoms. The highest BCUT2D eigenvalue weighted by atomic mass is 35.5. The molecule has 0 N–H and O–H groups in total. The van der Waals surface area contributed by atoms with Gasteiger partial charge < -0.3 is 13.6 Å². The molecule has 0 radical (unpaired) electrons. The van der Waals surface area contributed by atoms with E-state index < -0.39 is 11.8 Å². The normalized spacial score (nSPS) is 15.8. The maximum absolute atomic E-state index is 13.5. The molecule has 0 spiro atoms. The number of tetrazole rings is 1. The van der Waals surface area contributed by atoms with E-state index in [0.29, 0.717) is 51.9 Å². The lowest BCUT2D eigenvalue weighted by molar-refractivity contribution is 0.0448. The predicted molar refractivity (Wildman–Crippen MR) is 154 cm³/mol. The summed E-state index contributed by atoms with van der Waals surface area (Å²) in [6, 6.07) is 8.25. The highest BCUT2D eigenvalue weighted by Crippen LogP contribution is 2.35. The molecule has 0 fully saturated rings. The quantitative estimate of drug-likeness (QED) is 0.242. The fourth-order valence-corrected chi connectivity index (χ4v) is 6.23. The third-order valence-electron chi connectivity index (χ3n) is 7.29. The summed E-state index contributed by atoms with van der Waals surface area (Å²) in [4.78, 5) is 47.1. The van der Waals surface area contributed by atoms with E-state index in [2.05, 4.69) is 20.5 Å². The molecule has 13 nitrogen and oxygen atoms in total. The van der Waals surface area contributed by atoms with Gasteiger partial charge in [0, 0.05) is 41.4 Å². The van der Waals surface area contributed by atoms with Crippen molar-refractivity contribution in [2.45, 2.75) is 38.8 Å². The van der Waals surface area contributed by atoms with Crippen LogP contribution in [0, 0.1) is 6.92 Å². The van der Waals surface area contributed by atoms with Crippen molar-refractivity contribution in [2.75, 3.05) is 0 Å². The Labute approximate surface area is 250 Å². The number of hydrogen-bond donors (Lipinski definition) is 0. The highest BCUT2D eigenvalue weighted by Gasteiger charge is 2.31. The Morgan fingerprint density at radius 2 is 2.09 bits per heavy atom. The van der Waals surface area contributed by atoms with Gasteiger partial charge in [-0.15, -0.1) is 16.4 Å². The second kappa shape index (κ2) is 10.7. The number of aliphatic imine (C=N–C) groups is 1. The van der Waals surface area contributed by atoms with Gasteiger partial charge in [0.25, 0.3) is 5.56 Å². The smallest absolute Gasteiger partial charge is 0.453 e. The van der Waals surface area contributed by atoms with Gasteiger partial charge in [0.15, 0.2) is 18.1 Å². The van der Waals surface area contributed by atoms with Crippen molar-refractivity contribution in [2.24, 2.45) is 4.99 Å². The van der Waals surface area contributed by atoms with Gasteiger partial charge in [0.05, 0.1) is 17.4 Å². The van der Waals surface area contributed by atoms with Gasteiger partial charge in [0.2, 0.25) is 0 Å². The first-order valence-electron chi connectivity index (χ1n) is 13.1. The largest absolute Gasteiger partial charge is 0.519 e. The summed E-state index contributed by atoms with van der Waals surface area (Å²) in [5.41, 5.74) is 4.21. The molecule has 4 aromatic heterocycles. The number of thiophene rings is 1. The van der Waals surface area contributed by atoms with E-state index in [-0.39, 0.29) is 29.7 Å². The molecule has 1 aromatic carbocycles. The molecule has 0 saturated carbocycles. The molecule has 0 amide bonds. The molecular weight excluding hydrogens is 598 g/mol. The van der Waals surface area contributed by atoms with Gasteiger partial charge in [-0.25, -0.2) is 14.6 Å². The summed E-state index contributed by atoms with van der Waals surface area (Å²) in [5.74, 6) is -0.287. The molecule has 6 heterocycles. The molecule has 0 saturated heterocycles. The second-order valence-corrected chi connectivity index (χ2v) is 11.2. The number of allylic oxidation sites excluding steroid dienone is 1. The van der Waals surface area contributed by atoms with Crippen LogP contribution in [0.4, 0.5) is 0 Å². The number of rotatable bonds is 7. The Kier molecular flexibility index (Phi) is 6.70. The maximum atomic E-state index is 13.5. The molecule has 0 unspecified atom stereocenters. The average molecular weight is 618 g/mol. The van der Waals surface area contributed by atoms with Gasteiger partial charge in [-0.05, 0) is 64.6 Å². The maximum Gasteiger partial charge on any atom is 0.519 e. The number of nitrogens with zero attached hydrogens (tertiary/aromatic N) is 7. The van der Waals surface area contributed by atoms with Crippen LogP contribution >= 0.6 is 22.9 Å². The van der Waals surface area contributed by atoms with Crippen LogP contribution in [0.5, 0.6) is 0 Å². The number of carbonyl (C=O) groups excluding carboxylic acids is 1. The minimum Gasteiger partial charge on any atom is -0.453 e. The first kappa shape index (κ1) is 26.9. The van der Waals surface area contributed by atoms with Gasteiger partial charge in [-0.3, -0.25) is 14.4 Å². The van der Waals surface area contributed by atoms with Crippen molar-refractivity contribution in [3.8, 4) is 16.9 Å². The highest BCUT2D eigenvalue weighted by molar-refractivity contribution is 7.12. The Balaban J connectivity index is 1.07. The molecule has 2 aliphatic heterocycles. The van der Waals surface area contributed by atoms with Crippen LogP contribution in [0.25, 0.3) is 22.5 Å². The van der Waals surface area contributed by atoms with Crippen LogP contribution in [0.3, 0.4) is 0 Å². The topological polar surface area (TPSA) is 160 Å². The first-order chi connectivity index (χ1) is 20.8. The van der Waals surface area contributed by atoms with E-state index in [1.54, 1.807) is 42.0 Å². The molecule has 0 bridgehead atoms. The van der Waals surface area contributed by atoms with E-state index in [1.165, 1.54) is 28.4 Å². The SMILES string of the molecule is Cc1oc(=O)oc1COC(=O)c1cc(C2=CN=C([C@@H]3CCc4nc(-c5cc(Cl)ccc5-n5cnnn5)cc(=O)n43)C2)cs1. The Bertz CT molecular complexity index is 2070. The van der Waals surface area contributed by atoms with E-state index in [4.69, 9.17) is 30.2 Å². The van der Waals surface area contributed by atoms with E-state index in [0.717, 1.165) is 16.8 Å². The van der Waals surface area contributed by atoms with E-state index >= 15 is 0 Å². The number of fused-ring (bicyclic) bond motifs is 1. The number of carbonyl (C=O) groups is 1. The number of aromatic nitrogens is 6. The van der Waals surface area contributed by atoms with Crippen LogP contribution < -0.4 is 11.4 Å². The molecule has 2 aliphatic rings. The van der Waals surface area contributed by atoms with Crippen molar-refractivity contribution in [3.05, 3.63) is 102 Å². The van der Waals surface area contributed by atoms with Gasteiger partial charge >= 0.3 is 11.8 Å². The predicted octanol–water partition coefficient (Wildman–Crippen LogP) is 4.19. The number of esters is 1. The summed E-state index contributed by atoms with van der Waals surface area (Å²) in [5, 5.41) is 13.7. The van der Waals surface area contributed by atoms with Crippen LogP contribution in [0.1, 0.15) is 51.5 Å². The molecule has 216 valence electrons. The molecule has 1 atom stereocenters. The Morgan fingerprint density at radius 1 is 1.21 bits per heavy atom. The number of halogens is 1. The minimum absolute atomic E-state index is 0.167. The zero-order chi connectivity index (χ0) is 29.7. The summed E-state index contributed by atoms with van der Waals surface area (Å²) in [7, 11) is 0. The zero-order valence-electron chi connectivity index (χ0n) is 22.4. The third kappa shape index (κ3) is 5.04. The fraction of sp³-hybridized carbons (Fsp3) is 0.214. The van der Waals surface area contributed by atoms with E-state index in [1.807, 2.05) is 5.38 Å². The number of hydrogen-bond acceptors (Lipinski definition) is 12. The van der Waals surface area contributed by atoms with Crippen LogP contribution in [0.2, 0.25) is 5.02 Å². The standard InChI is InChI=1S/C28H20ClN7O6S/c1-14-23(42-28(39)41-14)11-40-27(38)24-7-16(12-43-24)15-6-20(30-10-15)22-4-5-25-32-19(9-26(37)36(22)25)18-8-17(29)2-3-21(18)35-13-31-33-34-35/h2-3,7-10,12-13,22H,4-6,11H2,1H3/t22-/m0/s1. The molecular formula is C28H20ClN7O6S. The second-order valence-electron chi connectivity index (χ2n) is 9.90. The van der Waals surface area contributed by atoms with Crippen LogP contribution in [0.15, 0.2) is 71.7 Å². The number of ether oxygens (including phenoxy) is 1. The lowest BCUT2D eigenvalue weighted by Gasteiger charge is -2.16. The summed E-state index contributed by atoms with van der Waals surface area (Å²) >= 11 is 7.53. The van der Waals surface area contributed by atoms with E-state index in [9.17, 15) is 14.4 Å². The molecule has 7 rings (SSSR count). The fourth-order valence-electron chi connectivity index (χ4n) is 5.23. The lowest BCUT2D eigenvalue weighted by Crippen LogP contribution is -2.28. The summed E-state index contributed by atoms with van der Waals surface area (Å²) < 4.78 is 18.1. The lowest BCUT2D eigenvalue weighted by atomic mass is 10.0. The molecule has 43 heavy (non-hydrogen) atoms. The molecule has 0 aliphatic carbocycles. The van der Waals surface area contributed by atoms with Gasteiger partial charge in [0.1, 0.15) is 17.0 Å². The number of aryl methyl sites for hydroxylation is 2.